The number of halogens is 3. The van der Waals surface area contributed by atoms with E-state index >= 15 is 0 Å². The molecule has 0 radical (unpaired) electrons. The molecule has 0 heterocycles. The number of nitrogens with one attached hydrogen (secondary N) is 1. The van der Waals surface area contributed by atoms with Crippen molar-refractivity contribution in [2.24, 2.45) is 17.8 Å². The van der Waals surface area contributed by atoms with Gasteiger partial charge in [0.25, 0.3) is 0 Å². The van der Waals surface area contributed by atoms with Gasteiger partial charge >= 0.3 is 6.18 Å². The minimum atomic E-state index is -4.26. The Morgan fingerprint density at radius 2 is 1.80 bits per heavy atom. The van der Waals surface area contributed by atoms with Crippen molar-refractivity contribution in [3.8, 4) is 0 Å². The summed E-state index contributed by atoms with van der Waals surface area (Å²) in [5.41, 5.74) is 1.20. The van der Waals surface area contributed by atoms with Gasteiger partial charge in [0.15, 0.2) is 0 Å². The molecular weight excluding hydrogens is 263 g/mol. The van der Waals surface area contributed by atoms with E-state index < -0.39 is 11.7 Å². The normalized spacial score (nSPS) is 30.1. The molecule has 3 atom stereocenters. The van der Waals surface area contributed by atoms with Crippen molar-refractivity contribution in [1.29, 1.82) is 0 Å². The maximum absolute atomic E-state index is 12.7. The van der Waals surface area contributed by atoms with Crippen LogP contribution in [-0.2, 0) is 6.18 Å². The molecule has 110 valence electrons. The topological polar surface area (TPSA) is 12.0 Å². The summed E-state index contributed by atoms with van der Waals surface area (Å²) >= 11 is 0. The molecule has 0 aliphatic heterocycles. The van der Waals surface area contributed by atoms with Gasteiger partial charge in [-0.2, -0.15) is 13.2 Å². The summed E-state index contributed by atoms with van der Waals surface area (Å²) < 4.78 is 38.2. The number of benzene rings is 1. The number of alkyl halides is 3. The Bertz CT molecular complexity index is 499. The fraction of sp³-hybridized carbons (Fsp3) is 0.625. The highest BCUT2D eigenvalue weighted by molar-refractivity contribution is 5.35. The zero-order valence-electron chi connectivity index (χ0n) is 11.8. The molecule has 0 amide bonds. The molecule has 2 aliphatic carbocycles. The number of hydrogen-bond acceptors (Lipinski definition) is 1. The standard InChI is InChI=1S/C16H20F3N/c1-9-5-13(16(17,18)19)3-4-14(9)15(20-2)12-7-10-6-11(10)8-12/h3-5,10-12,15,20H,6-8H2,1-2H3. The van der Waals surface area contributed by atoms with E-state index in [-0.39, 0.29) is 6.04 Å². The highest BCUT2D eigenvalue weighted by atomic mass is 19.4. The average molecular weight is 283 g/mol. The molecule has 1 aromatic rings. The van der Waals surface area contributed by atoms with Gasteiger partial charge in [-0.1, -0.05) is 6.07 Å². The molecule has 2 saturated carbocycles. The van der Waals surface area contributed by atoms with Crippen LogP contribution in [-0.4, -0.2) is 7.05 Å². The number of rotatable bonds is 3. The van der Waals surface area contributed by atoms with Crippen LogP contribution in [0, 0.1) is 24.7 Å². The molecule has 4 heteroatoms. The second-order valence-corrected chi connectivity index (χ2v) is 6.32. The predicted molar refractivity (Wildman–Crippen MR) is 72.3 cm³/mol. The summed E-state index contributed by atoms with van der Waals surface area (Å²) in [6.07, 6.45) is -0.459. The van der Waals surface area contributed by atoms with Gasteiger partial charge < -0.3 is 5.32 Å². The molecule has 3 rings (SSSR count). The first-order valence-electron chi connectivity index (χ1n) is 7.25. The maximum atomic E-state index is 12.7. The number of fused-ring (bicyclic) bond motifs is 1. The van der Waals surface area contributed by atoms with Crippen molar-refractivity contribution in [3.05, 3.63) is 34.9 Å². The molecule has 2 fully saturated rings. The fourth-order valence-corrected chi connectivity index (χ4v) is 3.88. The van der Waals surface area contributed by atoms with Crippen molar-refractivity contribution in [3.63, 3.8) is 0 Å². The van der Waals surface area contributed by atoms with Crippen LogP contribution >= 0.6 is 0 Å². The molecule has 1 aromatic carbocycles. The van der Waals surface area contributed by atoms with Gasteiger partial charge in [-0.25, -0.2) is 0 Å². The van der Waals surface area contributed by atoms with E-state index in [1.54, 1.807) is 13.0 Å². The lowest BCUT2D eigenvalue weighted by Gasteiger charge is -2.26. The zero-order valence-corrected chi connectivity index (χ0v) is 11.8. The van der Waals surface area contributed by atoms with Gasteiger partial charge in [0.2, 0.25) is 0 Å². The molecule has 0 bridgehead atoms. The van der Waals surface area contributed by atoms with Crippen LogP contribution < -0.4 is 5.32 Å². The Kier molecular flexibility index (Phi) is 3.32. The van der Waals surface area contributed by atoms with Crippen molar-refractivity contribution in [2.45, 2.75) is 38.4 Å². The van der Waals surface area contributed by atoms with Crippen molar-refractivity contribution in [2.75, 3.05) is 7.05 Å². The quantitative estimate of drug-likeness (QED) is 0.871. The second-order valence-electron chi connectivity index (χ2n) is 6.32. The SMILES string of the molecule is CNC(c1ccc(C(F)(F)F)cc1C)C1CC2CC2C1. The third kappa shape index (κ3) is 2.46. The predicted octanol–water partition coefficient (Wildman–Crippen LogP) is 4.32. The van der Waals surface area contributed by atoms with E-state index in [1.165, 1.54) is 31.4 Å². The van der Waals surface area contributed by atoms with Crippen LogP contribution in [0.3, 0.4) is 0 Å². The van der Waals surface area contributed by atoms with E-state index in [9.17, 15) is 13.2 Å². The smallest absolute Gasteiger partial charge is 0.313 e. The van der Waals surface area contributed by atoms with Gasteiger partial charge in [0, 0.05) is 6.04 Å². The Labute approximate surface area is 117 Å². The number of hydrogen-bond donors (Lipinski definition) is 1. The Balaban J connectivity index is 1.84. The van der Waals surface area contributed by atoms with Crippen LogP contribution in [0.15, 0.2) is 18.2 Å². The van der Waals surface area contributed by atoms with Gasteiger partial charge in [-0.3, -0.25) is 0 Å². The number of aryl methyl sites for hydroxylation is 1. The van der Waals surface area contributed by atoms with Crippen LogP contribution in [0.1, 0.15) is 42.0 Å². The largest absolute Gasteiger partial charge is 0.416 e. The molecule has 20 heavy (non-hydrogen) atoms. The summed E-state index contributed by atoms with van der Waals surface area (Å²) in [5, 5.41) is 3.32. The van der Waals surface area contributed by atoms with Crippen LogP contribution in [0.25, 0.3) is 0 Å². The van der Waals surface area contributed by atoms with Crippen LogP contribution in [0.2, 0.25) is 0 Å². The van der Waals surface area contributed by atoms with E-state index in [2.05, 4.69) is 5.32 Å². The van der Waals surface area contributed by atoms with Crippen LogP contribution in [0.5, 0.6) is 0 Å². The Morgan fingerprint density at radius 1 is 1.15 bits per heavy atom. The highest BCUT2D eigenvalue weighted by Crippen LogP contribution is 2.57. The van der Waals surface area contributed by atoms with E-state index in [4.69, 9.17) is 0 Å². The lowest BCUT2D eigenvalue weighted by molar-refractivity contribution is -0.137. The van der Waals surface area contributed by atoms with E-state index in [0.29, 0.717) is 5.92 Å². The fourth-order valence-electron chi connectivity index (χ4n) is 3.88. The molecule has 2 aliphatic rings. The first kappa shape index (κ1) is 13.9. The zero-order chi connectivity index (χ0) is 14.5. The first-order valence-corrected chi connectivity index (χ1v) is 7.25. The third-order valence-corrected chi connectivity index (χ3v) is 4.99. The minimum Gasteiger partial charge on any atom is -0.313 e. The molecule has 0 spiro atoms. The van der Waals surface area contributed by atoms with Gasteiger partial charge in [0.1, 0.15) is 0 Å². The molecule has 1 N–H and O–H groups in total. The van der Waals surface area contributed by atoms with E-state index in [1.807, 2.05) is 7.05 Å². The third-order valence-electron chi connectivity index (χ3n) is 4.99. The summed E-state index contributed by atoms with van der Waals surface area (Å²) in [4.78, 5) is 0. The van der Waals surface area contributed by atoms with E-state index in [0.717, 1.165) is 23.0 Å². The minimum absolute atomic E-state index is 0.185. The summed E-state index contributed by atoms with van der Waals surface area (Å²) in [6, 6.07) is 4.33. The highest BCUT2D eigenvalue weighted by Gasteiger charge is 2.48. The molecule has 0 aromatic heterocycles. The molecular formula is C16H20F3N. The lowest BCUT2D eigenvalue weighted by Crippen LogP contribution is -2.25. The second kappa shape index (κ2) is 4.76. The summed E-state index contributed by atoms with van der Waals surface area (Å²) in [7, 11) is 1.91. The van der Waals surface area contributed by atoms with Crippen molar-refractivity contribution >= 4 is 0 Å². The molecule has 3 unspecified atom stereocenters. The van der Waals surface area contributed by atoms with Crippen LogP contribution in [0.4, 0.5) is 13.2 Å². The van der Waals surface area contributed by atoms with Gasteiger partial charge in [-0.05, 0) is 74.2 Å². The first-order chi connectivity index (χ1) is 9.40. The van der Waals surface area contributed by atoms with Gasteiger partial charge in [-0.15, -0.1) is 0 Å². The van der Waals surface area contributed by atoms with Crippen molar-refractivity contribution < 1.29 is 13.2 Å². The maximum Gasteiger partial charge on any atom is 0.416 e. The molecule has 0 saturated heterocycles. The Hall–Kier alpha value is -1.03. The van der Waals surface area contributed by atoms with Gasteiger partial charge in [0.05, 0.1) is 5.56 Å². The monoisotopic (exact) mass is 283 g/mol. The summed E-state index contributed by atoms with van der Waals surface area (Å²) in [5.74, 6) is 2.33. The lowest BCUT2D eigenvalue weighted by atomic mass is 9.86. The van der Waals surface area contributed by atoms with Crippen molar-refractivity contribution in [1.82, 2.24) is 5.32 Å². The molecule has 1 nitrogen and oxygen atoms in total. The average Bonchev–Trinajstić information content (AvgIpc) is 2.98. The Morgan fingerprint density at radius 3 is 2.30 bits per heavy atom. The summed E-state index contributed by atoms with van der Waals surface area (Å²) in [6.45, 7) is 1.78.